The molecule has 0 spiro atoms. The van der Waals surface area contributed by atoms with E-state index in [2.05, 4.69) is 10.1 Å². The van der Waals surface area contributed by atoms with Crippen molar-refractivity contribution >= 4 is 39.3 Å². The van der Waals surface area contributed by atoms with Crippen molar-refractivity contribution in [3.8, 4) is 0 Å². The van der Waals surface area contributed by atoms with Gasteiger partial charge in [-0.25, -0.2) is 22.7 Å². The Hall–Kier alpha value is -2.58. The van der Waals surface area contributed by atoms with E-state index in [4.69, 9.17) is 11.6 Å². The summed E-state index contributed by atoms with van der Waals surface area (Å²) < 4.78 is 30.8. The van der Waals surface area contributed by atoms with Crippen LogP contribution in [0.5, 0.6) is 0 Å². The summed E-state index contributed by atoms with van der Waals surface area (Å²) in [6, 6.07) is 10.7. The SMILES string of the molecule is COC(=O)c1ccccc1NC(=O)NS(=O)(=O)c1ccccc1Cl. The predicted molar refractivity (Wildman–Crippen MR) is 88.6 cm³/mol. The Morgan fingerprint density at radius 2 is 1.67 bits per heavy atom. The molecule has 126 valence electrons. The van der Waals surface area contributed by atoms with Gasteiger partial charge in [0.05, 0.1) is 23.4 Å². The molecule has 0 bridgehead atoms. The van der Waals surface area contributed by atoms with E-state index in [1.54, 1.807) is 18.2 Å². The number of sulfonamides is 1. The lowest BCUT2D eigenvalue weighted by Crippen LogP contribution is -2.34. The number of halogens is 1. The van der Waals surface area contributed by atoms with E-state index < -0.39 is 22.0 Å². The highest BCUT2D eigenvalue weighted by atomic mass is 35.5. The van der Waals surface area contributed by atoms with Gasteiger partial charge in [-0.15, -0.1) is 0 Å². The van der Waals surface area contributed by atoms with Crippen molar-refractivity contribution in [1.82, 2.24) is 4.72 Å². The fourth-order valence-corrected chi connectivity index (χ4v) is 3.30. The van der Waals surface area contributed by atoms with Gasteiger partial charge in [-0.05, 0) is 24.3 Å². The van der Waals surface area contributed by atoms with Crippen molar-refractivity contribution in [2.75, 3.05) is 12.4 Å². The molecule has 0 aromatic heterocycles. The largest absolute Gasteiger partial charge is 0.465 e. The van der Waals surface area contributed by atoms with Gasteiger partial charge in [0, 0.05) is 0 Å². The molecule has 0 aliphatic heterocycles. The monoisotopic (exact) mass is 368 g/mol. The molecule has 2 aromatic rings. The Balaban J connectivity index is 2.20. The maximum Gasteiger partial charge on any atom is 0.339 e. The van der Waals surface area contributed by atoms with Crippen molar-refractivity contribution in [2.24, 2.45) is 0 Å². The number of rotatable bonds is 4. The number of hydrogen-bond donors (Lipinski definition) is 2. The van der Waals surface area contributed by atoms with Gasteiger partial charge in [0.15, 0.2) is 0 Å². The summed E-state index contributed by atoms with van der Waals surface area (Å²) >= 11 is 5.83. The second-order valence-corrected chi connectivity index (χ2v) is 6.59. The number of benzene rings is 2. The van der Waals surface area contributed by atoms with E-state index in [9.17, 15) is 18.0 Å². The van der Waals surface area contributed by atoms with Gasteiger partial charge in [0.25, 0.3) is 10.0 Å². The summed E-state index contributed by atoms with van der Waals surface area (Å²) in [6.07, 6.45) is 0. The van der Waals surface area contributed by atoms with E-state index in [0.29, 0.717) is 0 Å². The molecular formula is C15H13ClN2O5S. The van der Waals surface area contributed by atoms with E-state index in [-0.39, 0.29) is 21.2 Å². The van der Waals surface area contributed by atoms with Gasteiger partial charge in [-0.2, -0.15) is 0 Å². The van der Waals surface area contributed by atoms with Crippen LogP contribution in [0.4, 0.5) is 10.5 Å². The molecule has 0 aliphatic rings. The second-order valence-electron chi connectivity index (χ2n) is 4.53. The number of carbonyl (C=O) groups is 2. The van der Waals surface area contributed by atoms with Gasteiger partial charge in [0.2, 0.25) is 0 Å². The van der Waals surface area contributed by atoms with Crippen LogP contribution in [0.2, 0.25) is 5.02 Å². The smallest absolute Gasteiger partial charge is 0.339 e. The molecule has 24 heavy (non-hydrogen) atoms. The molecule has 2 amide bonds. The van der Waals surface area contributed by atoms with Crippen molar-refractivity contribution in [3.05, 3.63) is 59.1 Å². The topological polar surface area (TPSA) is 102 Å². The maximum atomic E-state index is 12.2. The number of anilines is 1. The molecule has 0 radical (unpaired) electrons. The summed E-state index contributed by atoms with van der Waals surface area (Å²) in [4.78, 5) is 23.4. The molecule has 0 unspecified atom stereocenters. The molecule has 0 saturated carbocycles. The third kappa shape index (κ3) is 4.03. The Kier molecular flexibility index (Phi) is 5.42. The first-order valence-electron chi connectivity index (χ1n) is 6.61. The number of methoxy groups -OCH3 is 1. The Labute approximate surface area is 143 Å². The molecule has 9 heteroatoms. The predicted octanol–water partition coefficient (Wildman–Crippen LogP) is 2.64. The average molecular weight is 369 g/mol. The van der Waals surface area contributed by atoms with Crippen molar-refractivity contribution in [3.63, 3.8) is 0 Å². The zero-order chi connectivity index (χ0) is 17.7. The quantitative estimate of drug-likeness (QED) is 0.808. The molecule has 0 fully saturated rings. The minimum Gasteiger partial charge on any atom is -0.465 e. The summed E-state index contributed by atoms with van der Waals surface area (Å²) in [5.41, 5.74) is 0.196. The van der Waals surface area contributed by atoms with E-state index in [1.165, 1.54) is 37.4 Å². The Morgan fingerprint density at radius 3 is 2.33 bits per heavy atom. The Morgan fingerprint density at radius 1 is 1.04 bits per heavy atom. The highest BCUT2D eigenvalue weighted by Crippen LogP contribution is 2.20. The molecule has 0 heterocycles. The zero-order valence-corrected chi connectivity index (χ0v) is 14.0. The highest BCUT2D eigenvalue weighted by molar-refractivity contribution is 7.90. The van der Waals surface area contributed by atoms with Crippen LogP contribution in [-0.4, -0.2) is 27.5 Å². The van der Waals surface area contributed by atoms with Crippen LogP contribution in [0, 0.1) is 0 Å². The number of urea groups is 1. The standard InChI is InChI=1S/C15H13ClN2O5S/c1-23-14(19)10-6-2-4-8-12(10)17-15(20)18-24(21,22)13-9-5-3-7-11(13)16/h2-9H,1H3,(H2,17,18,20). The summed E-state index contributed by atoms with van der Waals surface area (Å²) in [7, 11) is -2.96. The molecule has 0 saturated heterocycles. The fourth-order valence-electron chi connectivity index (χ4n) is 1.87. The molecule has 2 aromatic carbocycles. The second kappa shape index (κ2) is 7.33. The molecule has 2 N–H and O–H groups in total. The molecule has 0 atom stereocenters. The van der Waals surface area contributed by atoms with Crippen LogP contribution in [0.25, 0.3) is 0 Å². The van der Waals surface area contributed by atoms with Crippen LogP contribution in [0.1, 0.15) is 10.4 Å². The first-order chi connectivity index (χ1) is 11.3. The van der Waals surface area contributed by atoms with Crippen molar-refractivity contribution in [1.29, 1.82) is 0 Å². The molecule has 7 nitrogen and oxygen atoms in total. The van der Waals surface area contributed by atoms with Crippen molar-refractivity contribution < 1.29 is 22.7 Å². The fraction of sp³-hybridized carbons (Fsp3) is 0.0667. The van der Waals surface area contributed by atoms with Crippen LogP contribution in [-0.2, 0) is 14.8 Å². The third-order valence-corrected chi connectivity index (χ3v) is 4.76. The Bertz CT molecular complexity index is 883. The number of para-hydroxylation sites is 1. The van der Waals surface area contributed by atoms with Gasteiger partial charge in [-0.3, -0.25) is 0 Å². The van der Waals surface area contributed by atoms with Crippen LogP contribution in [0.15, 0.2) is 53.4 Å². The van der Waals surface area contributed by atoms with Crippen LogP contribution >= 0.6 is 11.6 Å². The van der Waals surface area contributed by atoms with Gasteiger partial charge >= 0.3 is 12.0 Å². The third-order valence-electron chi connectivity index (χ3n) is 2.93. The van der Waals surface area contributed by atoms with Gasteiger partial charge < -0.3 is 10.1 Å². The van der Waals surface area contributed by atoms with Crippen LogP contribution in [0.3, 0.4) is 0 Å². The van der Waals surface area contributed by atoms with Crippen LogP contribution < -0.4 is 10.0 Å². The van der Waals surface area contributed by atoms with Crippen molar-refractivity contribution in [2.45, 2.75) is 4.90 Å². The minimum atomic E-state index is -4.16. The number of carbonyl (C=O) groups excluding carboxylic acids is 2. The lowest BCUT2D eigenvalue weighted by molar-refractivity contribution is 0.0602. The lowest BCUT2D eigenvalue weighted by atomic mass is 10.2. The normalized spacial score (nSPS) is 10.8. The first kappa shape index (κ1) is 17.8. The number of esters is 1. The van der Waals surface area contributed by atoms with Gasteiger partial charge in [-0.1, -0.05) is 35.9 Å². The van der Waals surface area contributed by atoms with E-state index >= 15 is 0 Å². The summed E-state index contributed by atoms with van der Waals surface area (Å²) in [5, 5.41) is 2.28. The number of amides is 2. The minimum absolute atomic E-state index is 0.0206. The molecule has 2 rings (SSSR count). The number of hydrogen-bond acceptors (Lipinski definition) is 5. The number of ether oxygens (including phenoxy) is 1. The summed E-state index contributed by atoms with van der Waals surface area (Å²) in [5.74, 6) is -0.667. The summed E-state index contributed by atoms with van der Waals surface area (Å²) in [6.45, 7) is 0. The molecular weight excluding hydrogens is 356 g/mol. The highest BCUT2D eigenvalue weighted by Gasteiger charge is 2.21. The van der Waals surface area contributed by atoms with E-state index in [1.807, 2.05) is 4.72 Å². The van der Waals surface area contributed by atoms with E-state index in [0.717, 1.165) is 0 Å². The molecule has 0 aliphatic carbocycles. The lowest BCUT2D eigenvalue weighted by Gasteiger charge is -2.11. The average Bonchev–Trinajstić information content (AvgIpc) is 2.54. The first-order valence-corrected chi connectivity index (χ1v) is 8.47. The maximum absolute atomic E-state index is 12.2. The zero-order valence-electron chi connectivity index (χ0n) is 12.4. The number of nitrogens with one attached hydrogen (secondary N) is 2. The van der Waals surface area contributed by atoms with Gasteiger partial charge in [0.1, 0.15) is 4.90 Å².